The molecule has 204 valence electrons. The molecule has 2 aromatic heterocycles. The molecule has 1 aliphatic carbocycles. The lowest BCUT2D eigenvalue weighted by Crippen LogP contribution is -2.31. The van der Waals surface area contributed by atoms with Crippen molar-refractivity contribution >= 4 is 17.0 Å². The first-order valence-electron chi connectivity index (χ1n) is 13.8. The van der Waals surface area contributed by atoms with E-state index in [0.717, 1.165) is 42.4 Å². The Morgan fingerprint density at radius 2 is 1.77 bits per heavy atom. The average molecular weight is 542 g/mol. The molecule has 0 atom stereocenters. The summed E-state index contributed by atoms with van der Waals surface area (Å²) in [6, 6.07) is 18.3. The molecule has 2 fully saturated rings. The molecule has 0 N–H and O–H groups in total. The maximum absolute atomic E-state index is 13.5. The van der Waals surface area contributed by atoms with Gasteiger partial charge in [-0.2, -0.15) is 5.26 Å². The molecule has 6 nitrogen and oxygen atoms in total. The summed E-state index contributed by atoms with van der Waals surface area (Å²) in [5.41, 5.74) is 4.43. The summed E-state index contributed by atoms with van der Waals surface area (Å²) in [5, 5.41) is 9.87. The van der Waals surface area contributed by atoms with Crippen LogP contribution in [0.3, 0.4) is 0 Å². The second-order valence-corrected chi connectivity index (χ2v) is 10.6. The maximum atomic E-state index is 13.5. The molecule has 6 rings (SSSR count). The van der Waals surface area contributed by atoms with Crippen molar-refractivity contribution in [2.24, 2.45) is 0 Å². The Morgan fingerprint density at radius 3 is 2.48 bits per heavy atom. The molecule has 40 heavy (non-hydrogen) atoms. The van der Waals surface area contributed by atoms with Gasteiger partial charge in [-0.3, -0.25) is 9.78 Å². The standard InChI is InChI=1S/C32H29F2N3O3/c33-32(34)14-16-37(20-32)31(38)22-9-7-21(8-10-22)29-18-27-30(40-29)26(13-15-36-27)23-11-12-28(24(17-23)19-35)39-25-5-3-1-2-4-6-25/h7-13,15,17-18,25H,1-6,14,16,20H2. The van der Waals surface area contributed by atoms with Crippen molar-refractivity contribution < 1.29 is 22.7 Å². The lowest BCUT2D eigenvalue weighted by molar-refractivity contribution is 0.0120. The van der Waals surface area contributed by atoms with Gasteiger partial charge in [0.2, 0.25) is 0 Å². The molecule has 0 unspecified atom stereocenters. The van der Waals surface area contributed by atoms with Crippen molar-refractivity contribution in [2.45, 2.75) is 57.0 Å². The van der Waals surface area contributed by atoms with E-state index in [0.29, 0.717) is 33.7 Å². The second kappa shape index (κ2) is 10.7. The van der Waals surface area contributed by atoms with Crippen molar-refractivity contribution in [3.63, 3.8) is 0 Å². The Balaban J connectivity index is 1.25. The van der Waals surface area contributed by atoms with Gasteiger partial charge in [0.1, 0.15) is 23.1 Å². The number of halogens is 2. The number of likely N-dealkylation sites (tertiary alicyclic amines) is 1. The van der Waals surface area contributed by atoms with E-state index >= 15 is 0 Å². The van der Waals surface area contributed by atoms with Gasteiger partial charge >= 0.3 is 0 Å². The lowest BCUT2D eigenvalue weighted by Gasteiger charge is -2.18. The van der Waals surface area contributed by atoms with Crippen LogP contribution in [0.25, 0.3) is 33.6 Å². The zero-order chi connectivity index (χ0) is 27.7. The maximum Gasteiger partial charge on any atom is 0.267 e. The molecule has 3 heterocycles. The highest BCUT2D eigenvalue weighted by Crippen LogP contribution is 2.36. The Labute approximate surface area is 231 Å². The Morgan fingerprint density at radius 1 is 1.02 bits per heavy atom. The number of hydrogen-bond acceptors (Lipinski definition) is 5. The molecule has 1 saturated carbocycles. The third-order valence-electron chi connectivity index (χ3n) is 7.79. The highest BCUT2D eigenvalue weighted by Gasteiger charge is 2.40. The first-order chi connectivity index (χ1) is 19.4. The highest BCUT2D eigenvalue weighted by molar-refractivity contribution is 5.95. The third-order valence-corrected chi connectivity index (χ3v) is 7.79. The van der Waals surface area contributed by atoms with Crippen LogP contribution >= 0.6 is 0 Å². The number of ether oxygens (including phenoxy) is 1. The Kier molecular flexibility index (Phi) is 6.97. The van der Waals surface area contributed by atoms with Crippen LogP contribution in [-0.4, -0.2) is 40.9 Å². The van der Waals surface area contributed by atoms with Crippen LogP contribution in [0, 0.1) is 11.3 Å². The van der Waals surface area contributed by atoms with Gasteiger partial charge in [-0.05, 0) is 61.6 Å². The van der Waals surface area contributed by atoms with E-state index < -0.39 is 18.4 Å². The quantitative estimate of drug-likeness (QED) is 0.243. The summed E-state index contributed by atoms with van der Waals surface area (Å²) in [7, 11) is 0. The predicted molar refractivity (Wildman–Crippen MR) is 147 cm³/mol. The summed E-state index contributed by atoms with van der Waals surface area (Å²) in [6.45, 7) is -0.500. The van der Waals surface area contributed by atoms with Crippen molar-refractivity contribution in [3.8, 4) is 34.3 Å². The number of carbonyl (C=O) groups excluding carboxylic acids is 1. The number of hydrogen-bond donors (Lipinski definition) is 0. The van der Waals surface area contributed by atoms with Crippen molar-refractivity contribution in [1.82, 2.24) is 9.88 Å². The average Bonchev–Trinajstić information content (AvgIpc) is 3.47. The van der Waals surface area contributed by atoms with Gasteiger partial charge in [0, 0.05) is 41.9 Å². The van der Waals surface area contributed by atoms with Crippen molar-refractivity contribution in [3.05, 3.63) is 71.9 Å². The fraction of sp³-hybridized carbons (Fsp3) is 0.344. The molecule has 1 amide bonds. The van der Waals surface area contributed by atoms with Gasteiger partial charge in [0.25, 0.3) is 11.8 Å². The molecule has 0 spiro atoms. The lowest BCUT2D eigenvalue weighted by atomic mass is 10.0. The van der Waals surface area contributed by atoms with Crippen LogP contribution in [0.15, 0.2) is 65.2 Å². The van der Waals surface area contributed by atoms with E-state index in [1.54, 1.807) is 30.5 Å². The number of benzene rings is 2. The number of fused-ring (bicyclic) bond motifs is 1. The molecule has 0 radical (unpaired) electrons. The topological polar surface area (TPSA) is 79.4 Å². The highest BCUT2D eigenvalue weighted by atomic mass is 19.3. The van der Waals surface area contributed by atoms with E-state index in [2.05, 4.69) is 11.1 Å². The SMILES string of the molecule is N#Cc1cc(-c2ccnc3cc(-c4ccc(C(=O)N5CCC(F)(F)C5)cc4)oc23)ccc1OC1CCCCCC1. The smallest absolute Gasteiger partial charge is 0.267 e. The number of pyridine rings is 1. The van der Waals surface area contributed by atoms with Crippen LogP contribution in [0.5, 0.6) is 5.75 Å². The number of nitrogens with zero attached hydrogens (tertiary/aromatic N) is 3. The zero-order valence-corrected chi connectivity index (χ0v) is 22.0. The largest absolute Gasteiger partial charge is 0.489 e. The van der Waals surface area contributed by atoms with Gasteiger partial charge in [-0.1, -0.05) is 31.0 Å². The number of aromatic nitrogens is 1. The molecule has 1 saturated heterocycles. The van der Waals surface area contributed by atoms with Crippen molar-refractivity contribution in [1.29, 1.82) is 5.26 Å². The Bertz CT molecular complexity index is 1580. The molecular weight excluding hydrogens is 512 g/mol. The second-order valence-electron chi connectivity index (χ2n) is 10.6. The summed E-state index contributed by atoms with van der Waals surface area (Å²) in [5.74, 6) is -2.06. The first kappa shape index (κ1) is 26.0. The van der Waals surface area contributed by atoms with E-state index in [1.807, 2.05) is 30.3 Å². The first-order valence-corrected chi connectivity index (χ1v) is 13.8. The number of amides is 1. The van der Waals surface area contributed by atoms with Crippen LogP contribution in [0.4, 0.5) is 8.78 Å². The van der Waals surface area contributed by atoms with Gasteiger partial charge < -0.3 is 14.1 Å². The molecule has 0 bridgehead atoms. The van der Waals surface area contributed by atoms with E-state index in [4.69, 9.17) is 9.15 Å². The summed E-state index contributed by atoms with van der Waals surface area (Å²) >= 11 is 0. The minimum Gasteiger partial charge on any atom is -0.489 e. The number of rotatable bonds is 5. The number of carbonyl (C=O) groups is 1. The zero-order valence-electron chi connectivity index (χ0n) is 22.0. The molecule has 2 aromatic carbocycles. The van der Waals surface area contributed by atoms with Gasteiger partial charge in [0.15, 0.2) is 5.58 Å². The van der Waals surface area contributed by atoms with E-state index in [9.17, 15) is 18.8 Å². The summed E-state index contributed by atoms with van der Waals surface area (Å²) in [4.78, 5) is 18.3. The molecule has 8 heteroatoms. The van der Waals surface area contributed by atoms with Crippen LogP contribution in [0.2, 0.25) is 0 Å². The predicted octanol–water partition coefficient (Wildman–Crippen LogP) is 7.62. The number of alkyl halides is 2. The monoisotopic (exact) mass is 541 g/mol. The third kappa shape index (κ3) is 5.29. The summed E-state index contributed by atoms with van der Waals surface area (Å²) < 4.78 is 39.6. The minimum atomic E-state index is -2.83. The molecular formula is C32H29F2N3O3. The van der Waals surface area contributed by atoms with E-state index in [1.165, 1.54) is 17.7 Å². The Hall–Kier alpha value is -4.25. The van der Waals surface area contributed by atoms with Gasteiger partial charge in [0.05, 0.1) is 18.2 Å². The van der Waals surface area contributed by atoms with Gasteiger partial charge in [-0.25, -0.2) is 8.78 Å². The number of furan rings is 1. The summed E-state index contributed by atoms with van der Waals surface area (Å²) in [6.07, 6.45) is 8.31. The normalized spacial score (nSPS) is 17.5. The van der Waals surface area contributed by atoms with Crippen LogP contribution in [-0.2, 0) is 0 Å². The number of nitriles is 1. The fourth-order valence-corrected chi connectivity index (χ4v) is 5.60. The molecule has 1 aliphatic heterocycles. The van der Waals surface area contributed by atoms with Crippen LogP contribution in [0.1, 0.15) is 60.9 Å². The van der Waals surface area contributed by atoms with Crippen LogP contribution < -0.4 is 4.74 Å². The fourth-order valence-electron chi connectivity index (χ4n) is 5.60. The van der Waals surface area contributed by atoms with E-state index in [-0.39, 0.29) is 19.1 Å². The molecule has 2 aliphatic rings. The molecule has 4 aromatic rings. The van der Waals surface area contributed by atoms with Gasteiger partial charge in [-0.15, -0.1) is 0 Å². The minimum absolute atomic E-state index is 0.0484. The van der Waals surface area contributed by atoms with Crippen molar-refractivity contribution in [2.75, 3.05) is 13.1 Å².